The van der Waals surface area contributed by atoms with Gasteiger partial charge in [-0.2, -0.15) is 5.26 Å². The molecule has 0 saturated carbocycles. The van der Waals surface area contributed by atoms with Crippen LogP contribution in [-0.2, 0) is 24.5 Å². The molecule has 3 aromatic rings. The molecule has 0 bridgehead atoms. The Morgan fingerprint density at radius 1 is 0.921 bits per heavy atom. The van der Waals surface area contributed by atoms with Gasteiger partial charge in [0.05, 0.1) is 24.3 Å². The van der Waals surface area contributed by atoms with Crippen molar-refractivity contribution in [2.24, 2.45) is 5.92 Å². The summed E-state index contributed by atoms with van der Waals surface area (Å²) < 4.78 is 5.16. The predicted octanol–water partition coefficient (Wildman–Crippen LogP) is 4.93. The van der Waals surface area contributed by atoms with Gasteiger partial charge in [0, 0.05) is 18.2 Å². The molecule has 3 aromatic carbocycles. The van der Waals surface area contributed by atoms with Gasteiger partial charge in [0.2, 0.25) is 5.91 Å². The molecule has 38 heavy (non-hydrogen) atoms. The number of anilines is 1. The monoisotopic (exact) mass is 505 g/mol. The zero-order valence-electron chi connectivity index (χ0n) is 21.4. The van der Waals surface area contributed by atoms with Crippen LogP contribution >= 0.6 is 0 Å². The van der Waals surface area contributed by atoms with Gasteiger partial charge in [-0.15, -0.1) is 0 Å². The normalized spacial score (nSPS) is 15.6. The maximum atomic E-state index is 14.3. The van der Waals surface area contributed by atoms with Crippen LogP contribution in [0, 0.1) is 17.2 Å². The number of allylic oxidation sites excluding steroid dienone is 2. The maximum absolute atomic E-state index is 14.3. The molecule has 0 N–H and O–H groups in total. The fourth-order valence-electron chi connectivity index (χ4n) is 5.28. The topological polar surface area (TPSA) is 90.7 Å². The molecule has 0 fully saturated rings. The summed E-state index contributed by atoms with van der Waals surface area (Å²) in [4.78, 5) is 41.0. The number of hydrogen-bond acceptors (Lipinski definition) is 5. The van der Waals surface area contributed by atoms with E-state index in [1.54, 1.807) is 37.3 Å². The number of methoxy groups -OCH3 is 1. The zero-order valence-corrected chi connectivity index (χ0v) is 21.4. The molecule has 2 amide bonds. The molecule has 0 radical (unpaired) electrons. The second-order valence-corrected chi connectivity index (χ2v) is 8.84. The highest BCUT2D eigenvalue weighted by Crippen LogP contribution is 2.51. The van der Waals surface area contributed by atoms with Crippen molar-refractivity contribution in [1.29, 1.82) is 5.26 Å². The Kier molecular flexibility index (Phi) is 7.26. The number of ether oxygens (including phenoxy) is 1. The SMILES string of the molecule is C=C(C#N)C(C1=C(C)N(C(C)=O)N(c2ccccc2)C(=O)C1C(=O)OC)(c1ccccc1)c1ccccc1. The number of para-hydroxylation sites is 1. The van der Waals surface area contributed by atoms with E-state index in [-0.39, 0.29) is 11.1 Å². The molecule has 0 spiro atoms. The van der Waals surface area contributed by atoms with Gasteiger partial charge in [0.25, 0.3) is 5.91 Å². The number of rotatable bonds is 6. The third kappa shape index (κ3) is 4.06. The Hall–Kier alpha value is -4.96. The lowest BCUT2D eigenvalue weighted by Gasteiger charge is -2.48. The molecule has 1 aliphatic heterocycles. The molecule has 1 atom stereocenters. The van der Waals surface area contributed by atoms with Gasteiger partial charge in [-0.1, -0.05) is 85.4 Å². The molecule has 0 aliphatic carbocycles. The number of hydrazine groups is 1. The highest BCUT2D eigenvalue weighted by Gasteiger charge is 2.55. The summed E-state index contributed by atoms with van der Waals surface area (Å²) in [5.74, 6) is -3.41. The number of benzene rings is 3. The molecule has 1 aliphatic rings. The zero-order chi connectivity index (χ0) is 27.4. The lowest BCUT2D eigenvalue weighted by atomic mass is 9.60. The lowest BCUT2D eigenvalue weighted by Crippen LogP contribution is -2.59. The van der Waals surface area contributed by atoms with Crippen molar-refractivity contribution in [3.05, 3.63) is 126 Å². The van der Waals surface area contributed by atoms with Crippen molar-refractivity contribution >= 4 is 23.5 Å². The minimum absolute atomic E-state index is 0.0858. The minimum Gasteiger partial charge on any atom is -0.468 e. The number of nitrogens with zero attached hydrogens (tertiary/aromatic N) is 3. The summed E-state index contributed by atoms with van der Waals surface area (Å²) in [6.07, 6.45) is 0. The number of esters is 1. The largest absolute Gasteiger partial charge is 0.468 e. The second-order valence-electron chi connectivity index (χ2n) is 8.84. The number of carbonyl (C=O) groups excluding carboxylic acids is 3. The second kappa shape index (κ2) is 10.6. The van der Waals surface area contributed by atoms with Crippen LogP contribution in [0.2, 0.25) is 0 Å². The number of carbonyl (C=O) groups is 3. The van der Waals surface area contributed by atoms with Crippen molar-refractivity contribution in [2.75, 3.05) is 12.1 Å². The summed E-state index contributed by atoms with van der Waals surface area (Å²) in [6, 6.07) is 29.0. The van der Waals surface area contributed by atoms with E-state index in [0.717, 1.165) is 0 Å². The lowest BCUT2D eigenvalue weighted by molar-refractivity contribution is -0.151. The van der Waals surface area contributed by atoms with Crippen LogP contribution in [0.3, 0.4) is 0 Å². The summed E-state index contributed by atoms with van der Waals surface area (Å²) in [6.45, 7) is 7.13. The van der Waals surface area contributed by atoms with E-state index >= 15 is 0 Å². The Labute approximate surface area is 221 Å². The van der Waals surface area contributed by atoms with E-state index in [1.807, 2.05) is 60.7 Å². The average molecular weight is 506 g/mol. The summed E-state index contributed by atoms with van der Waals surface area (Å²) in [5.41, 5.74) is 0.829. The molecule has 1 unspecified atom stereocenters. The first-order chi connectivity index (χ1) is 18.3. The van der Waals surface area contributed by atoms with E-state index in [2.05, 4.69) is 12.6 Å². The van der Waals surface area contributed by atoms with Crippen LogP contribution in [0.1, 0.15) is 25.0 Å². The number of hydrogen-bond donors (Lipinski definition) is 0. The van der Waals surface area contributed by atoms with Crippen LogP contribution in [-0.4, -0.2) is 29.9 Å². The van der Waals surface area contributed by atoms with E-state index in [4.69, 9.17) is 4.74 Å². The molecular weight excluding hydrogens is 478 g/mol. The Morgan fingerprint density at radius 3 is 1.82 bits per heavy atom. The van der Waals surface area contributed by atoms with Crippen molar-refractivity contribution in [1.82, 2.24) is 5.01 Å². The minimum atomic E-state index is -1.47. The Balaban J connectivity index is 2.20. The smallest absolute Gasteiger partial charge is 0.322 e. The van der Waals surface area contributed by atoms with Gasteiger partial charge in [0.1, 0.15) is 0 Å². The molecule has 7 heteroatoms. The van der Waals surface area contributed by atoms with Gasteiger partial charge in [-0.3, -0.25) is 14.4 Å². The molecule has 0 aromatic heterocycles. The molecule has 1 heterocycles. The summed E-state index contributed by atoms with van der Waals surface area (Å²) in [5, 5.41) is 12.7. The first-order valence-corrected chi connectivity index (χ1v) is 12.0. The molecular formula is C31H27N3O4. The first kappa shape index (κ1) is 26.1. The number of amides is 2. The third-order valence-corrected chi connectivity index (χ3v) is 6.79. The van der Waals surface area contributed by atoms with E-state index < -0.39 is 29.1 Å². The molecule has 4 rings (SSSR count). The van der Waals surface area contributed by atoms with Crippen molar-refractivity contribution in [3.63, 3.8) is 0 Å². The standard InChI is InChI=1S/C31H27N3O4/c1-21(20-32)31(24-14-8-5-9-15-24,25-16-10-6-11-17-25)28-22(2)33(23(3)35)34(26-18-12-7-13-19-26)29(36)27(28)30(37)38-4/h5-19,27H,1H2,2-4H3. The fraction of sp³-hybridized carbons (Fsp3) is 0.161. The fourth-order valence-corrected chi connectivity index (χ4v) is 5.28. The van der Waals surface area contributed by atoms with Gasteiger partial charge >= 0.3 is 5.97 Å². The van der Waals surface area contributed by atoms with Crippen LogP contribution < -0.4 is 5.01 Å². The van der Waals surface area contributed by atoms with E-state index in [9.17, 15) is 19.6 Å². The molecule has 7 nitrogen and oxygen atoms in total. The first-order valence-electron chi connectivity index (χ1n) is 12.0. The van der Waals surface area contributed by atoms with Crippen molar-refractivity contribution < 1.29 is 19.1 Å². The number of nitriles is 1. The van der Waals surface area contributed by atoms with Gasteiger partial charge in [-0.25, -0.2) is 10.0 Å². The van der Waals surface area contributed by atoms with Gasteiger partial charge < -0.3 is 4.74 Å². The highest BCUT2D eigenvalue weighted by molar-refractivity contribution is 6.11. The van der Waals surface area contributed by atoms with Crippen LogP contribution in [0.25, 0.3) is 0 Å². The summed E-state index contributed by atoms with van der Waals surface area (Å²) >= 11 is 0. The third-order valence-electron chi connectivity index (χ3n) is 6.79. The van der Waals surface area contributed by atoms with Crippen molar-refractivity contribution in [2.45, 2.75) is 19.3 Å². The quantitative estimate of drug-likeness (QED) is 0.269. The highest BCUT2D eigenvalue weighted by atomic mass is 16.5. The van der Waals surface area contributed by atoms with Crippen LogP contribution in [0.4, 0.5) is 5.69 Å². The van der Waals surface area contributed by atoms with Crippen molar-refractivity contribution in [3.8, 4) is 6.07 Å². The maximum Gasteiger partial charge on any atom is 0.322 e. The van der Waals surface area contributed by atoms with Crippen LogP contribution in [0.5, 0.6) is 0 Å². The van der Waals surface area contributed by atoms with E-state index in [0.29, 0.717) is 22.5 Å². The predicted molar refractivity (Wildman–Crippen MR) is 143 cm³/mol. The average Bonchev–Trinajstić information content (AvgIpc) is 2.95. The van der Waals surface area contributed by atoms with Crippen LogP contribution in [0.15, 0.2) is 114 Å². The van der Waals surface area contributed by atoms with Gasteiger partial charge in [-0.05, 0) is 35.8 Å². The van der Waals surface area contributed by atoms with E-state index in [1.165, 1.54) is 24.1 Å². The Bertz CT molecular complexity index is 1420. The molecule has 0 saturated heterocycles. The molecule has 190 valence electrons. The summed E-state index contributed by atoms with van der Waals surface area (Å²) in [7, 11) is 1.21. The Morgan fingerprint density at radius 2 is 1.39 bits per heavy atom. The van der Waals surface area contributed by atoms with Gasteiger partial charge in [0.15, 0.2) is 5.92 Å².